The maximum Gasteiger partial charge on any atom is 0.253 e. The summed E-state index contributed by atoms with van der Waals surface area (Å²) in [5, 5.41) is 4.77. The molecule has 7 rings (SSSR count). The minimum atomic E-state index is -0.597. The molecule has 0 radical (unpaired) electrons. The van der Waals surface area contributed by atoms with E-state index < -0.39 is 5.41 Å². The molecule has 1 saturated carbocycles. The number of hydrogen-bond donors (Lipinski definition) is 2. The standard InChI is InChI=1S/C37H46N4O2/c1-24-19-25(2)21-28(20-24)34-31(15-17-38-16-14-27-7-6-18-40(5)35(27)42)32-22-29(10-13-33(32)39-34)37(3,4)36(43)41-23-26-8-11-30(41)12-9-26/h6-7,10,13,18-22,26,30,38-39H,8-9,11-12,14-17,23H2,1-5H3. The van der Waals surface area contributed by atoms with E-state index in [1.165, 1.54) is 40.5 Å². The Kier molecular flexibility index (Phi) is 8.08. The first-order chi connectivity index (χ1) is 20.6. The van der Waals surface area contributed by atoms with E-state index in [0.717, 1.165) is 61.2 Å². The van der Waals surface area contributed by atoms with E-state index in [1.54, 1.807) is 17.8 Å². The maximum atomic E-state index is 14.0. The van der Waals surface area contributed by atoms with Gasteiger partial charge in [0.25, 0.3) is 5.56 Å². The van der Waals surface area contributed by atoms with Crippen molar-refractivity contribution < 1.29 is 4.79 Å². The summed E-state index contributed by atoms with van der Waals surface area (Å²) < 4.78 is 1.64. The fourth-order valence-electron chi connectivity index (χ4n) is 7.46. The van der Waals surface area contributed by atoms with E-state index in [1.807, 2.05) is 12.1 Å². The van der Waals surface area contributed by atoms with Crippen LogP contribution >= 0.6 is 0 Å². The first kappa shape index (κ1) is 29.4. The van der Waals surface area contributed by atoms with E-state index in [0.29, 0.717) is 18.4 Å². The van der Waals surface area contributed by atoms with Crippen LogP contribution in [-0.4, -0.2) is 46.0 Å². The Morgan fingerprint density at radius 3 is 2.40 bits per heavy atom. The summed E-state index contributed by atoms with van der Waals surface area (Å²) in [6, 6.07) is 17.5. The lowest BCUT2D eigenvalue weighted by molar-refractivity contribution is -0.144. The highest BCUT2D eigenvalue weighted by Gasteiger charge is 2.42. The second-order valence-corrected chi connectivity index (χ2v) is 13.6. The minimum absolute atomic E-state index is 0.0695. The van der Waals surface area contributed by atoms with E-state index in [-0.39, 0.29) is 11.5 Å². The van der Waals surface area contributed by atoms with Crippen LogP contribution in [0.25, 0.3) is 22.2 Å². The van der Waals surface area contributed by atoms with Crippen molar-refractivity contribution in [2.45, 2.75) is 77.7 Å². The highest BCUT2D eigenvalue weighted by Crippen LogP contribution is 2.39. The van der Waals surface area contributed by atoms with Crippen molar-refractivity contribution in [2.24, 2.45) is 13.0 Å². The zero-order valence-corrected chi connectivity index (χ0v) is 26.4. The predicted molar refractivity (Wildman–Crippen MR) is 176 cm³/mol. The number of pyridine rings is 1. The van der Waals surface area contributed by atoms with Gasteiger partial charge in [-0.25, -0.2) is 0 Å². The molecule has 0 spiro atoms. The van der Waals surface area contributed by atoms with Crippen molar-refractivity contribution in [3.63, 3.8) is 0 Å². The molecule has 4 aromatic rings. The molecule has 2 saturated heterocycles. The number of benzene rings is 2. The fraction of sp³-hybridized carbons (Fsp3) is 0.459. The smallest absolute Gasteiger partial charge is 0.253 e. The Bertz CT molecular complexity index is 1680. The number of carbonyl (C=O) groups excluding carboxylic acids is 1. The lowest BCUT2D eigenvalue weighted by Crippen LogP contribution is -2.55. The monoisotopic (exact) mass is 578 g/mol. The Balaban J connectivity index is 1.29. The van der Waals surface area contributed by atoms with Crippen LogP contribution in [0.3, 0.4) is 0 Å². The summed E-state index contributed by atoms with van der Waals surface area (Å²) in [7, 11) is 1.80. The molecule has 2 aromatic carbocycles. The van der Waals surface area contributed by atoms with Gasteiger partial charge in [0.05, 0.1) is 5.41 Å². The van der Waals surface area contributed by atoms with Gasteiger partial charge in [-0.15, -0.1) is 0 Å². The van der Waals surface area contributed by atoms with E-state index >= 15 is 0 Å². The third-order valence-corrected chi connectivity index (χ3v) is 9.97. The summed E-state index contributed by atoms with van der Waals surface area (Å²) in [6.07, 6.45) is 8.17. The second-order valence-electron chi connectivity index (χ2n) is 13.6. The van der Waals surface area contributed by atoms with Crippen molar-refractivity contribution in [1.29, 1.82) is 0 Å². The molecular weight excluding hydrogens is 532 g/mol. The van der Waals surface area contributed by atoms with Gasteiger partial charge in [-0.2, -0.15) is 0 Å². The zero-order valence-electron chi connectivity index (χ0n) is 26.4. The number of fused-ring (bicyclic) bond motifs is 4. The van der Waals surface area contributed by atoms with Crippen LogP contribution < -0.4 is 10.9 Å². The van der Waals surface area contributed by atoms with Crippen LogP contribution in [0, 0.1) is 19.8 Å². The summed E-state index contributed by atoms with van der Waals surface area (Å²) in [5.74, 6) is 0.933. The zero-order chi connectivity index (χ0) is 30.3. The molecule has 1 aliphatic carbocycles. The van der Waals surface area contributed by atoms with Gasteiger partial charge in [-0.05, 0) is 132 Å². The number of nitrogens with one attached hydrogen (secondary N) is 2. The molecule has 43 heavy (non-hydrogen) atoms. The lowest BCUT2D eigenvalue weighted by Gasteiger charge is -2.47. The van der Waals surface area contributed by atoms with Crippen molar-refractivity contribution in [3.05, 3.63) is 92.9 Å². The summed E-state index contributed by atoms with van der Waals surface area (Å²) >= 11 is 0. The molecule has 4 heterocycles. The number of aromatic nitrogens is 2. The Morgan fingerprint density at radius 1 is 0.977 bits per heavy atom. The number of hydrogen-bond acceptors (Lipinski definition) is 3. The molecule has 2 aliphatic heterocycles. The number of nitrogens with zero attached hydrogens (tertiary/aromatic N) is 2. The average Bonchev–Trinajstić information content (AvgIpc) is 3.36. The molecule has 6 nitrogen and oxygen atoms in total. The van der Waals surface area contributed by atoms with E-state index in [2.05, 4.69) is 79.3 Å². The molecule has 2 N–H and O–H groups in total. The third kappa shape index (κ3) is 5.82. The highest BCUT2D eigenvalue weighted by atomic mass is 16.2. The van der Waals surface area contributed by atoms with Crippen molar-refractivity contribution in [2.75, 3.05) is 19.6 Å². The van der Waals surface area contributed by atoms with Crippen LogP contribution in [0.1, 0.15) is 67.3 Å². The fourth-order valence-corrected chi connectivity index (χ4v) is 7.46. The largest absolute Gasteiger partial charge is 0.354 e. The predicted octanol–water partition coefficient (Wildman–Crippen LogP) is 6.20. The summed E-state index contributed by atoms with van der Waals surface area (Å²) in [6.45, 7) is 11.0. The van der Waals surface area contributed by atoms with Gasteiger partial charge < -0.3 is 19.8 Å². The minimum Gasteiger partial charge on any atom is -0.354 e. The number of H-pyrrole nitrogens is 1. The van der Waals surface area contributed by atoms with Crippen LogP contribution in [0.15, 0.2) is 59.5 Å². The SMILES string of the molecule is Cc1cc(C)cc(-c2[nH]c3ccc(C(C)(C)C(=O)N4CC5CCC4CC5)cc3c2CCNCCc2cccn(C)c2=O)c1. The number of rotatable bonds is 9. The van der Waals surface area contributed by atoms with Crippen molar-refractivity contribution in [1.82, 2.24) is 19.8 Å². The first-order valence-electron chi connectivity index (χ1n) is 16.0. The quantitative estimate of drug-likeness (QED) is 0.232. The Labute approximate surface area is 255 Å². The van der Waals surface area contributed by atoms with Crippen LogP contribution in [0.4, 0.5) is 0 Å². The number of amides is 1. The number of aryl methyl sites for hydroxylation is 3. The van der Waals surface area contributed by atoms with Crippen LogP contribution in [-0.2, 0) is 30.1 Å². The number of aromatic amines is 1. The van der Waals surface area contributed by atoms with Crippen LogP contribution in [0.2, 0.25) is 0 Å². The van der Waals surface area contributed by atoms with Crippen molar-refractivity contribution in [3.8, 4) is 11.3 Å². The molecule has 1 amide bonds. The highest BCUT2D eigenvalue weighted by molar-refractivity contribution is 5.94. The van der Waals surface area contributed by atoms with Crippen molar-refractivity contribution >= 4 is 16.8 Å². The number of carbonyl (C=O) groups is 1. The van der Waals surface area contributed by atoms with Gasteiger partial charge >= 0.3 is 0 Å². The third-order valence-electron chi connectivity index (χ3n) is 9.97. The summed E-state index contributed by atoms with van der Waals surface area (Å²) in [4.78, 5) is 32.4. The number of piperidine rings is 2. The maximum absolute atomic E-state index is 14.0. The Hall–Kier alpha value is -3.64. The molecule has 0 atom stereocenters. The Morgan fingerprint density at radius 2 is 1.70 bits per heavy atom. The molecule has 226 valence electrons. The van der Waals surface area contributed by atoms with Gasteiger partial charge in [-0.1, -0.05) is 29.3 Å². The molecule has 2 bridgehead atoms. The molecular formula is C37H46N4O2. The molecule has 3 fully saturated rings. The molecule has 2 aromatic heterocycles. The van der Waals surface area contributed by atoms with Gasteiger partial charge in [0.1, 0.15) is 0 Å². The van der Waals surface area contributed by atoms with Gasteiger partial charge in [-0.3, -0.25) is 9.59 Å². The van der Waals surface area contributed by atoms with Crippen LogP contribution in [0.5, 0.6) is 0 Å². The van der Waals surface area contributed by atoms with Gasteiger partial charge in [0.15, 0.2) is 0 Å². The van der Waals surface area contributed by atoms with Gasteiger partial charge in [0.2, 0.25) is 5.91 Å². The van der Waals surface area contributed by atoms with E-state index in [4.69, 9.17) is 0 Å². The van der Waals surface area contributed by atoms with Gasteiger partial charge in [0, 0.05) is 48.0 Å². The first-order valence-corrected chi connectivity index (χ1v) is 16.0. The topological polar surface area (TPSA) is 70.1 Å². The second kappa shape index (κ2) is 11.8. The average molecular weight is 579 g/mol. The van der Waals surface area contributed by atoms with E-state index in [9.17, 15) is 9.59 Å². The lowest BCUT2D eigenvalue weighted by atomic mass is 9.76. The summed E-state index contributed by atoms with van der Waals surface area (Å²) in [5.41, 5.74) is 8.57. The molecule has 3 aliphatic rings. The molecule has 6 heteroatoms. The molecule has 0 unspecified atom stereocenters. The normalized spacial score (nSPS) is 18.5.